The van der Waals surface area contributed by atoms with Crippen molar-refractivity contribution in [2.24, 2.45) is 5.84 Å². The molecule has 1 unspecified atom stereocenters. The molecular weight excluding hydrogens is 180 g/mol. The third kappa shape index (κ3) is 2.90. The number of hydrazine groups is 1. The summed E-state index contributed by atoms with van der Waals surface area (Å²) in [6.45, 7) is 4.58. The third-order valence-electron chi connectivity index (χ3n) is 2.86. The smallest absolute Gasteiger partial charge is 0.122 e. The summed E-state index contributed by atoms with van der Waals surface area (Å²) in [6, 6.07) is 0.591. The van der Waals surface area contributed by atoms with Crippen molar-refractivity contribution in [3.63, 3.8) is 0 Å². The first-order valence-electron chi connectivity index (χ1n) is 5.42. The first-order valence-corrected chi connectivity index (χ1v) is 5.42. The number of morpholine rings is 1. The zero-order valence-electron chi connectivity index (χ0n) is 8.54. The fourth-order valence-corrected chi connectivity index (χ4v) is 2.02. The molecule has 2 rings (SSSR count). The van der Waals surface area contributed by atoms with Gasteiger partial charge in [-0.1, -0.05) is 0 Å². The van der Waals surface area contributed by atoms with Gasteiger partial charge >= 0.3 is 0 Å². The van der Waals surface area contributed by atoms with E-state index in [0.29, 0.717) is 6.04 Å². The highest BCUT2D eigenvalue weighted by Crippen LogP contribution is 2.06. The Morgan fingerprint density at radius 2 is 2.14 bits per heavy atom. The molecule has 0 amide bonds. The number of nitrogens with two attached hydrogens (primary N) is 1. The van der Waals surface area contributed by atoms with Crippen LogP contribution in [0.5, 0.6) is 0 Å². The van der Waals surface area contributed by atoms with Crippen molar-refractivity contribution in [3.8, 4) is 0 Å². The summed E-state index contributed by atoms with van der Waals surface area (Å²) in [6.07, 6.45) is 2.49. The number of ether oxygens (including phenoxy) is 1. The van der Waals surface area contributed by atoms with E-state index in [-0.39, 0.29) is 6.23 Å². The van der Waals surface area contributed by atoms with Crippen molar-refractivity contribution in [1.29, 1.82) is 0 Å². The summed E-state index contributed by atoms with van der Waals surface area (Å²) in [5.74, 6) is 5.73. The van der Waals surface area contributed by atoms with Crippen LogP contribution >= 0.6 is 0 Å². The molecule has 2 aliphatic heterocycles. The highest BCUT2D eigenvalue weighted by atomic mass is 16.5. The lowest BCUT2D eigenvalue weighted by molar-refractivity contribution is -0.0526. The molecule has 0 spiro atoms. The molecule has 0 aromatic rings. The topological polar surface area (TPSA) is 62.5 Å². The minimum Gasteiger partial charge on any atom is -0.361 e. The molecule has 4 N–H and O–H groups in total. The quantitative estimate of drug-likeness (QED) is 0.492. The largest absolute Gasteiger partial charge is 0.361 e. The van der Waals surface area contributed by atoms with Crippen LogP contribution in [0.25, 0.3) is 0 Å². The van der Waals surface area contributed by atoms with Gasteiger partial charge in [0.2, 0.25) is 0 Å². The molecule has 1 atom stereocenters. The van der Waals surface area contributed by atoms with Crippen molar-refractivity contribution in [3.05, 3.63) is 0 Å². The van der Waals surface area contributed by atoms with Gasteiger partial charge in [-0.3, -0.25) is 11.2 Å². The van der Waals surface area contributed by atoms with Crippen molar-refractivity contribution in [2.45, 2.75) is 25.1 Å². The Hall–Kier alpha value is -0.200. The van der Waals surface area contributed by atoms with Gasteiger partial charge in [0.05, 0.1) is 13.2 Å². The van der Waals surface area contributed by atoms with E-state index in [2.05, 4.69) is 10.6 Å². The van der Waals surface area contributed by atoms with E-state index < -0.39 is 0 Å². The monoisotopic (exact) mass is 200 g/mol. The summed E-state index contributed by atoms with van der Waals surface area (Å²) < 4.78 is 5.60. The maximum absolute atomic E-state index is 5.73. The molecule has 5 heteroatoms. The van der Waals surface area contributed by atoms with Gasteiger partial charge in [0.25, 0.3) is 0 Å². The maximum atomic E-state index is 5.73. The van der Waals surface area contributed by atoms with Gasteiger partial charge in [-0.15, -0.1) is 0 Å². The van der Waals surface area contributed by atoms with Crippen molar-refractivity contribution < 1.29 is 4.74 Å². The van der Waals surface area contributed by atoms with Gasteiger partial charge in [-0.2, -0.15) is 0 Å². The van der Waals surface area contributed by atoms with Crippen LogP contribution in [0.2, 0.25) is 0 Å². The van der Waals surface area contributed by atoms with Gasteiger partial charge in [0.15, 0.2) is 0 Å². The Morgan fingerprint density at radius 1 is 1.36 bits per heavy atom. The Labute approximate surface area is 84.9 Å². The molecule has 5 nitrogen and oxygen atoms in total. The van der Waals surface area contributed by atoms with E-state index >= 15 is 0 Å². The van der Waals surface area contributed by atoms with Crippen LogP contribution in [0.3, 0.4) is 0 Å². The normalized spacial score (nSPS) is 31.9. The lowest BCUT2D eigenvalue weighted by Gasteiger charge is -2.34. The van der Waals surface area contributed by atoms with E-state index in [9.17, 15) is 0 Å². The summed E-state index contributed by atoms with van der Waals surface area (Å²) in [5.41, 5.74) is 0. The van der Waals surface area contributed by atoms with Crippen LogP contribution in [0.1, 0.15) is 12.8 Å². The molecule has 0 bridgehead atoms. The minimum absolute atomic E-state index is 0.122. The van der Waals surface area contributed by atoms with Gasteiger partial charge in [-0.05, 0) is 25.9 Å². The van der Waals surface area contributed by atoms with Gasteiger partial charge in [-0.25, -0.2) is 5.01 Å². The Kier molecular flexibility index (Phi) is 3.72. The molecule has 0 aromatic heterocycles. The fourth-order valence-electron chi connectivity index (χ4n) is 2.02. The number of piperidine rings is 1. The molecule has 0 saturated carbocycles. The predicted octanol–water partition coefficient (Wildman–Crippen LogP) is -1.14. The first kappa shape index (κ1) is 10.3. The lowest BCUT2D eigenvalue weighted by Crippen LogP contribution is -2.55. The minimum atomic E-state index is 0.122. The fraction of sp³-hybridized carbons (Fsp3) is 1.00. The van der Waals surface area contributed by atoms with Crippen molar-refractivity contribution >= 4 is 0 Å². The first-order chi connectivity index (χ1) is 6.84. The van der Waals surface area contributed by atoms with Crippen molar-refractivity contribution in [1.82, 2.24) is 15.6 Å². The second-order valence-electron chi connectivity index (χ2n) is 4.05. The van der Waals surface area contributed by atoms with Crippen LogP contribution in [0.15, 0.2) is 0 Å². The van der Waals surface area contributed by atoms with Crippen LogP contribution < -0.4 is 16.5 Å². The van der Waals surface area contributed by atoms with Gasteiger partial charge < -0.3 is 10.1 Å². The molecule has 2 saturated heterocycles. The Balaban J connectivity index is 1.72. The molecule has 0 aromatic carbocycles. The summed E-state index contributed by atoms with van der Waals surface area (Å²) >= 11 is 0. The molecule has 2 heterocycles. The zero-order valence-corrected chi connectivity index (χ0v) is 8.54. The predicted molar refractivity (Wildman–Crippen MR) is 54.5 cm³/mol. The summed E-state index contributed by atoms with van der Waals surface area (Å²) in [7, 11) is 0. The highest BCUT2D eigenvalue weighted by molar-refractivity contribution is 4.77. The van der Waals surface area contributed by atoms with E-state index in [4.69, 9.17) is 10.6 Å². The average Bonchev–Trinajstić information content (AvgIpc) is 2.19. The maximum Gasteiger partial charge on any atom is 0.122 e. The molecule has 2 aliphatic rings. The van der Waals surface area contributed by atoms with Gasteiger partial charge in [0.1, 0.15) is 6.23 Å². The third-order valence-corrected chi connectivity index (χ3v) is 2.86. The molecular formula is C9H20N4O. The summed E-state index contributed by atoms with van der Waals surface area (Å²) in [5, 5.41) is 8.67. The van der Waals surface area contributed by atoms with Crippen LogP contribution in [0.4, 0.5) is 0 Å². The van der Waals surface area contributed by atoms with E-state index in [0.717, 1.165) is 32.8 Å². The molecule has 0 aliphatic carbocycles. The Morgan fingerprint density at radius 3 is 2.86 bits per heavy atom. The molecule has 14 heavy (non-hydrogen) atoms. The van der Waals surface area contributed by atoms with Gasteiger partial charge in [0, 0.05) is 12.6 Å². The zero-order chi connectivity index (χ0) is 9.80. The van der Waals surface area contributed by atoms with Crippen LogP contribution in [0, 0.1) is 0 Å². The molecule has 82 valence electrons. The Bertz CT molecular complexity index is 172. The second-order valence-corrected chi connectivity index (χ2v) is 4.05. The SMILES string of the molecule is NN1CCOC(NC2CCNCC2)C1. The molecule has 2 fully saturated rings. The standard InChI is InChI=1S/C9H20N4O/c10-13-5-6-14-9(7-13)12-8-1-3-11-4-2-8/h8-9,11-12H,1-7,10H2. The number of hydrogen-bond donors (Lipinski definition) is 3. The van der Waals surface area contributed by atoms with E-state index in [1.807, 2.05) is 5.01 Å². The van der Waals surface area contributed by atoms with Crippen LogP contribution in [-0.2, 0) is 4.74 Å². The summed E-state index contributed by atoms with van der Waals surface area (Å²) in [4.78, 5) is 0. The second kappa shape index (κ2) is 5.04. The number of nitrogens with zero attached hydrogens (tertiary/aromatic N) is 1. The number of hydrogen-bond acceptors (Lipinski definition) is 5. The number of rotatable bonds is 2. The highest BCUT2D eigenvalue weighted by Gasteiger charge is 2.22. The molecule has 0 radical (unpaired) electrons. The number of nitrogens with one attached hydrogen (secondary N) is 2. The van der Waals surface area contributed by atoms with E-state index in [1.165, 1.54) is 12.8 Å². The van der Waals surface area contributed by atoms with Crippen molar-refractivity contribution in [2.75, 3.05) is 32.8 Å². The van der Waals surface area contributed by atoms with E-state index in [1.54, 1.807) is 0 Å². The average molecular weight is 200 g/mol. The lowest BCUT2D eigenvalue weighted by atomic mass is 10.1. The van der Waals surface area contributed by atoms with Crippen LogP contribution in [-0.4, -0.2) is 50.1 Å².